The second kappa shape index (κ2) is 13.4. The fourth-order valence-electron chi connectivity index (χ4n) is 2.74. The molecule has 0 aliphatic rings. The Morgan fingerprint density at radius 1 is 0.788 bits per heavy atom. The van der Waals surface area contributed by atoms with Gasteiger partial charge in [0.1, 0.15) is 0 Å². The molecule has 0 aliphatic heterocycles. The fraction of sp³-hybridized carbons (Fsp3) is 0.476. The molecule has 2 aromatic rings. The minimum atomic E-state index is -2.36. The number of benzene rings is 1. The molecule has 0 saturated carbocycles. The average Bonchev–Trinajstić information content (AvgIpc) is 3.32. The summed E-state index contributed by atoms with van der Waals surface area (Å²) in [6.07, 6.45) is 7.69. The van der Waals surface area contributed by atoms with Gasteiger partial charge in [-0.15, -0.1) is 0 Å². The Morgan fingerprint density at radius 3 is 2.00 bits per heavy atom. The van der Waals surface area contributed by atoms with Gasteiger partial charge in [0, 0.05) is 25.4 Å². The van der Waals surface area contributed by atoms with Crippen molar-refractivity contribution in [1.82, 2.24) is 9.55 Å². The van der Waals surface area contributed by atoms with E-state index in [1.54, 1.807) is 12.5 Å². The van der Waals surface area contributed by atoms with Crippen LogP contribution in [0.4, 0.5) is 26.7 Å². The number of halogens is 5. The van der Waals surface area contributed by atoms with Gasteiger partial charge in [-0.3, -0.25) is 4.79 Å². The summed E-state index contributed by atoms with van der Waals surface area (Å²) in [5, 5.41) is 0. The van der Waals surface area contributed by atoms with Crippen molar-refractivity contribution >= 4 is 12.1 Å². The molecule has 0 amide bonds. The molecule has 33 heavy (non-hydrogen) atoms. The Hall–Kier alpha value is -3.18. The number of ether oxygens (including phenoxy) is 3. The molecule has 182 valence electrons. The molecule has 0 unspecified atom stereocenters. The number of aromatic nitrogens is 2. The molecule has 0 aliphatic carbocycles. The molecule has 0 saturated heterocycles. The van der Waals surface area contributed by atoms with Crippen LogP contribution in [0.2, 0.25) is 0 Å². The van der Waals surface area contributed by atoms with Gasteiger partial charge in [0.25, 0.3) is 0 Å². The molecule has 0 bridgehead atoms. The van der Waals surface area contributed by atoms with Gasteiger partial charge in [0.05, 0.1) is 19.5 Å². The molecule has 0 spiro atoms. The highest BCUT2D eigenvalue weighted by Crippen LogP contribution is 2.29. The average molecular weight is 478 g/mol. The number of unbranched alkanes of at least 4 members (excludes halogenated alkanes) is 4. The summed E-state index contributed by atoms with van der Waals surface area (Å²) in [5.74, 6) is -13.4. The summed E-state index contributed by atoms with van der Waals surface area (Å²) < 4.78 is 81.6. The highest BCUT2D eigenvalue weighted by molar-refractivity contribution is 5.69. The molecular weight excluding hydrogens is 455 g/mol. The van der Waals surface area contributed by atoms with E-state index in [1.807, 2.05) is 10.8 Å². The maximum atomic E-state index is 13.4. The third kappa shape index (κ3) is 8.35. The number of hydrogen-bond donors (Lipinski definition) is 0. The van der Waals surface area contributed by atoms with Gasteiger partial charge in [0.2, 0.25) is 34.8 Å². The van der Waals surface area contributed by atoms with E-state index in [0.717, 1.165) is 13.0 Å². The number of carbonyl (C=O) groups excluding carboxylic acids is 2. The molecular formula is C21H23F5N2O5. The van der Waals surface area contributed by atoms with Crippen molar-refractivity contribution in [3.63, 3.8) is 0 Å². The fourth-order valence-corrected chi connectivity index (χ4v) is 2.74. The highest BCUT2D eigenvalue weighted by Gasteiger charge is 2.28. The Labute approximate surface area is 186 Å². The molecule has 1 aromatic heterocycles. The highest BCUT2D eigenvalue weighted by atomic mass is 19.2. The lowest BCUT2D eigenvalue weighted by molar-refractivity contribution is -0.143. The topological polar surface area (TPSA) is 79.7 Å². The lowest BCUT2D eigenvalue weighted by atomic mass is 10.2. The van der Waals surface area contributed by atoms with Crippen molar-refractivity contribution in [2.45, 2.75) is 51.5 Å². The van der Waals surface area contributed by atoms with E-state index >= 15 is 0 Å². The number of rotatable bonds is 13. The first-order valence-corrected chi connectivity index (χ1v) is 10.3. The zero-order valence-corrected chi connectivity index (χ0v) is 17.6. The van der Waals surface area contributed by atoms with E-state index in [9.17, 15) is 31.5 Å². The van der Waals surface area contributed by atoms with Gasteiger partial charge in [-0.1, -0.05) is 0 Å². The summed E-state index contributed by atoms with van der Waals surface area (Å²) in [6.45, 7) is 0.846. The maximum Gasteiger partial charge on any atom is 0.514 e. The van der Waals surface area contributed by atoms with Crippen LogP contribution in [-0.2, 0) is 20.8 Å². The molecule has 0 N–H and O–H groups in total. The van der Waals surface area contributed by atoms with Crippen LogP contribution in [0, 0.1) is 29.1 Å². The second-order valence-electron chi connectivity index (χ2n) is 6.99. The summed E-state index contributed by atoms with van der Waals surface area (Å²) >= 11 is 0. The van der Waals surface area contributed by atoms with Gasteiger partial charge < -0.3 is 18.8 Å². The van der Waals surface area contributed by atoms with E-state index in [4.69, 9.17) is 4.74 Å². The Kier molecular flexibility index (Phi) is 10.6. The van der Waals surface area contributed by atoms with E-state index in [2.05, 4.69) is 14.5 Å². The summed E-state index contributed by atoms with van der Waals surface area (Å²) in [4.78, 5) is 27.0. The van der Waals surface area contributed by atoms with Crippen LogP contribution in [0.1, 0.15) is 44.9 Å². The van der Waals surface area contributed by atoms with Crippen molar-refractivity contribution in [2.75, 3.05) is 13.2 Å². The smallest absolute Gasteiger partial charge is 0.466 e. The van der Waals surface area contributed by atoms with Gasteiger partial charge in [0.15, 0.2) is 0 Å². The third-order valence-electron chi connectivity index (χ3n) is 4.48. The summed E-state index contributed by atoms with van der Waals surface area (Å²) in [6, 6.07) is 0. The van der Waals surface area contributed by atoms with E-state index < -0.39 is 41.0 Å². The Morgan fingerprint density at radius 2 is 1.39 bits per heavy atom. The lowest BCUT2D eigenvalue weighted by Crippen LogP contribution is -2.15. The van der Waals surface area contributed by atoms with Gasteiger partial charge in [-0.05, 0) is 38.5 Å². The zero-order valence-electron chi connectivity index (χ0n) is 17.6. The van der Waals surface area contributed by atoms with E-state index in [-0.39, 0.29) is 19.2 Å². The predicted molar refractivity (Wildman–Crippen MR) is 104 cm³/mol. The second-order valence-corrected chi connectivity index (χ2v) is 6.99. The van der Waals surface area contributed by atoms with Crippen LogP contribution in [-0.4, -0.2) is 34.9 Å². The number of aryl methyl sites for hydroxylation is 1. The number of imidazole rings is 1. The maximum absolute atomic E-state index is 13.4. The lowest BCUT2D eigenvalue weighted by Gasteiger charge is -2.09. The van der Waals surface area contributed by atoms with Crippen LogP contribution in [0.15, 0.2) is 18.7 Å². The Balaban J connectivity index is 1.50. The van der Waals surface area contributed by atoms with E-state index in [1.165, 1.54) is 0 Å². The summed E-state index contributed by atoms with van der Waals surface area (Å²) in [5.41, 5.74) is 0. The molecule has 1 heterocycles. The van der Waals surface area contributed by atoms with Crippen molar-refractivity contribution in [3.05, 3.63) is 47.8 Å². The molecule has 7 nitrogen and oxygen atoms in total. The monoisotopic (exact) mass is 478 g/mol. The molecule has 0 atom stereocenters. The third-order valence-corrected chi connectivity index (χ3v) is 4.48. The zero-order chi connectivity index (χ0) is 24.2. The van der Waals surface area contributed by atoms with Crippen LogP contribution in [0.25, 0.3) is 0 Å². The number of esters is 1. The van der Waals surface area contributed by atoms with Crippen molar-refractivity contribution in [1.29, 1.82) is 0 Å². The number of carbonyl (C=O) groups is 2. The molecule has 12 heteroatoms. The number of nitrogens with zero attached hydrogens (tertiary/aromatic N) is 2. The predicted octanol–water partition coefficient (Wildman–Crippen LogP) is 5.07. The molecule has 2 rings (SSSR count). The quantitative estimate of drug-likeness (QED) is 0.0999. The van der Waals surface area contributed by atoms with Crippen LogP contribution in [0.5, 0.6) is 5.75 Å². The molecule has 0 radical (unpaired) electrons. The van der Waals surface area contributed by atoms with Crippen molar-refractivity contribution in [2.24, 2.45) is 0 Å². The van der Waals surface area contributed by atoms with Crippen LogP contribution < -0.4 is 4.74 Å². The normalized spacial score (nSPS) is 10.8. The Bertz CT molecular complexity index is 895. The van der Waals surface area contributed by atoms with Crippen molar-refractivity contribution < 1.29 is 45.8 Å². The van der Waals surface area contributed by atoms with Crippen molar-refractivity contribution in [3.8, 4) is 5.75 Å². The van der Waals surface area contributed by atoms with Gasteiger partial charge in [-0.2, -0.15) is 8.78 Å². The minimum Gasteiger partial charge on any atom is -0.466 e. The van der Waals surface area contributed by atoms with Gasteiger partial charge in [-0.25, -0.2) is 22.9 Å². The van der Waals surface area contributed by atoms with E-state index in [0.29, 0.717) is 38.5 Å². The molecule has 1 aromatic carbocycles. The first-order valence-electron chi connectivity index (χ1n) is 10.3. The largest absolute Gasteiger partial charge is 0.514 e. The minimum absolute atomic E-state index is 0.190. The van der Waals surface area contributed by atoms with Crippen LogP contribution >= 0.6 is 0 Å². The first-order chi connectivity index (χ1) is 15.8. The van der Waals surface area contributed by atoms with Crippen LogP contribution in [0.3, 0.4) is 0 Å². The summed E-state index contributed by atoms with van der Waals surface area (Å²) in [7, 11) is 0. The standard InChI is InChI=1S/C21H23F5N2O5/c22-15-16(23)18(25)20(19(26)17(15)24)33-21(30)32-12-6-2-1-5-11-31-14(29)7-3-4-9-28-10-8-27-13-28/h8,10,13H,1-7,9,11-12H2. The van der Waals surface area contributed by atoms with Gasteiger partial charge >= 0.3 is 12.1 Å². The molecule has 0 fully saturated rings. The number of hydrogen-bond acceptors (Lipinski definition) is 6. The first kappa shape index (κ1) is 26.1. The SMILES string of the molecule is O=C(CCCCn1ccnc1)OCCCCCCOC(=O)Oc1c(F)c(F)c(F)c(F)c1F.